The van der Waals surface area contributed by atoms with E-state index in [2.05, 4.69) is 10.0 Å². The lowest BCUT2D eigenvalue weighted by Gasteiger charge is -2.23. The van der Waals surface area contributed by atoms with Gasteiger partial charge in [0.2, 0.25) is 10.0 Å². The third kappa shape index (κ3) is 7.45. The Hall–Kier alpha value is -1.68. The van der Waals surface area contributed by atoms with Crippen molar-refractivity contribution in [2.45, 2.75) is 37.8 Å². The van der Waals surface area contributed by atoms with Gasteiger partial charge in [-0.2, -0.15) is 4.72 Å². The molecule has 2 N–H and O–H groups in total. The van der Waals surface area contributed by atoms with E-state index < -0.39 is 40.0 Å². The molecule has 2 atom stereocenters. The fourth-order valence-corrected chi connectivity index (χ4v) is 3.49. The molecule has 0 saturated carbocycles. The van der Waals surface area contributed by atoms with Crippen molar-refractivity contribution in [3.05, 3.63) is 29.3 Å². The zero-order chi connectivity index (χ0) is 20.6. The van der Waals surface area contributed by atoms with Crippen molar-refractivity contribution in [2.24, 2.45) is 5.92 Å². The predicted octanol–water partition coefficient (Wildman–Crippen LogP) is 1.34. The first kappa shape index (κ1) is 23.4. The molecular weight excluding hydrogens is 396 g/mol. The van der Waals surface area contributed by atoms with Crippen molar-refractivity contribution in [2.75, 3.05) is 20.3 Å². The highest BCUT2D eigenvalue weighted by Gasteiger charge is 2.31. The Morgan fingerprint density at radius 3 is 2.26 bits per heavy atom. The van der Waals surface area contributed by atoms with Gasteiger partial charge in [-0.05, 0) is 37.1 Å². The van der Waals surface area contributed by atoms with Crippen LogP contribution in [-0.4, -0.2) is 52.7 Å². The first-order chi connectivity index (χ1) is 12.6. The molecule has 0 spiro atoms. The minimum Gasteiger partial charge on any atom is -0.451 e. The van der Waals surface area contributed by atoms with Crippen LogP contribution in [0.1, 0.15) is 20.8 Å². The van der Waals surface area contributed by atoms with E-state index in [1.807, 2.05) is 0 Å². The number of carbonyl (C=O) groups is 2. The molecule has 0 unspecified atom stereocenters. The molecule has 0 heterocycles. The number of nitrogens with one attached hydrogen (secondary N) is 2. The normalized spacial score (nSPS) is 13.9. The number of halogens is 1. The highest BCUT2D eigenvalue weighted by Crippen LogP contribution is 2.16. The molecule has 0 radical (unpaired) electrons. The van der Waals surface area contributed by atoms with Gasteiger partial charge in [0.1, 0.15) is 6.04 Å². The summed E-state index contributed by atoms with van der Waals surface area (Å²) in [6.07, 6.45) is -1.07. The van der Waals surface area contributed by atoms with Gasteiger partial charge in [0, 0.05) is 18.7 Å². The molecule has 1 aromatic rings. The molecular formula is C17H25ClN2O6S. The number of hydrogen-bond donors (Lipinski definition) is 2. The van der Waals surface area contributed by atoms with Gasteiger partial charge in [-0.25, -0.2) is 8.42 Å². The SMILES string of the molecule is COCCNC(=O)[C@@H](C)OC(=O)[C@@H](NS(=O)(=O)c1ccc(Cl)cc1)C(C)C. The molecule has 1 aromatic carbocycles. The predicted molar refractivity (Wildman–Crippen MR) is 101 cm³/mol. The lowest BCUT2D eigenvalue weighted by Crippen LogP contribution is -2.47. The third-order valence-electron chi connectivity index (χ3n) is 3.59. The highest BCUT2D eigenvalue weighted by molar-refractivity contribution is 7.89. The number of sulfonamides is 1. The van der Waals surface area contributed by atoms with Gasteiger partial charge >= 0.3 is 5.97 Å². The van der Waals surface area contributed by atoms with Crippen LogP contribution < -0.4 is 10.0 Å². The van der Waals surface area contributed by atoms with Crippen molar-refractivity contribution in [1.29, 1.82) is 0 Å². The minimum atomic E-state index is -3.97. The summed E-state index contributed by atoms with van der Waals surface area (Å²) in [6, 6.07) is 4.38. The topological polar surface area (TPSA) is 111 Å². The van der Waals surface area contributed by atoms with Crippen LogP contribution in [0.5, 0.6) is 0 Å². The van der Waals surface area contributed by atoms with Crippen LogP contribution in [0.2, 0.25) is 5.02 Å². The van der Waals surface area contributed by atoms with Crippen LogP contribution in [0.15, 0.2) is 29.2 Å². The molecule has 0 bridgehead atoms. The molecule has 1 amide bonds. The Morgan fingerprint density at radius 1 is 1.15 bits per heavy atom. The fraction of sp³-hybridized carbons (Fsp3) is 0.529. The Bertz CT molecular complexity index is 736. The van der Waals surface area contributed by atoms with E-state index in [4.69, 9.17) is 21.1 Å². The van der Waals surface area contributed by atoms with E-state index in [-0.39, 0.29) is 11.4 Å². The Morgan fingerprint density at radius 2 is 1.74 bits per heavy atom. The number of methoxy groups -OCH3 is 1. The minimum absolute atomic E-state index is 0.0318. The molecule has 0 aliphatic heterocycles. The Kier molecular flexibility index (Phi) is 9.17. The lowest BCUT2D eigenvalue weighted by atomic mass is 10.1. The van der Waals surface area contributed by atoms with Gasteiger partial charge in [0.15, 0.2) is 6.10 Å². The van der Waals surface area contributed by atoms with Crippen LogP contribution in [0.4, 0.5) is 0 Å². The largest absolute Gasteiger partial charge is 0.451 e. The number of hydrogen-bond acceptors (Lipinski definition) is 6. The van der Waals surface area contributed by atoms with E-state index in [1.54, 1.807) is 13.8 Å². The first-order valence-corrected chi connectivity index (χ1v) is 10.2. The average molecular weight is 421 g/mol. The van der Waals surface area contributed by atoms with Crippen molar-refractivity contribution < 1.29 is 27.5 Å². The smallest absolute Gasteiger partial charge is 0.325 e. The maximum absolute atomic E-state index is 12.5. The molecule has 0 fully saturated rings. The Balaban J connectivity index is 2.81. The highest BCUT2D eigenvalue weighted by atomic mass is 35.5. The number of esters is 1. The van der Waals surface area contributed by atoms with E-state index in [0.717, 1.165) is 0 Å². The molecule has 8 nitrogen and oxygen atoms in total. The standard InChI is InChI=1S/C17H25ClN2O6S/c1-11(2)15(17(22)26-12(3)16(21)19-9-10-25-4)20-27(23,24)14-7-5-13(18)6-8-14/h5-8,11-12,15,20H,9-10H2,1-4H3,(H,19,21)/t12-,15+/m1/s1. The van der Waals surface area contributed by atoms with Gasteiger partial charge in [-0.15, -0.1) is 0 Å². The summed E-state index contributed by atoms with van der Waals surface area (Å²) in [5, 5.41) is 2.93. The van der Waals surface area contributed by atoms with Crippen molar-refractivity contribution >= 4 is 33.5 Å². The van der Waals surface area contributed by atoms with E-state index in [1.165, 1.54) is 38.3 Å². The zero-order valence-corrected chi connectivity index (χ0v) is 17.3. The first-order valence-electron chi connectivity index (χ1n) is 8.33. The van der Waals surface area contributed by atoms with Crippen molar-refractivity contribution in [3.8, 4) is 0 Å². The monoisotopic (exact) mass is 420 g/mol. The summed E-state index contributed by atoms with van der Waals surface area (Å²) in [6.45, 7) is 5.33. The number of ether oxygens (including phenoxy) is 2. The zero-order valence-electron chi connectivity index (χ0n) is 15.7. The third-order valence-corrected chi connectivity index (χ3v) is 5.30. The summed E-state index contributed by atoms with van der Waals surface area (Å²) in [4.78, 5) is 24.3. The van der Waals surface area contributed by atoms with Gasteiger partial charge in [0.25, 0.3) is 5.91 Å². The van der Waals surface area contributed by atoms with Gasteiger partial charge in [-0.1, -0.05) is 25.4 Å². The second kappa shape index (κ2) is 10.6. The average Bonchev–Trinajstić information content (AvgIpc) is 2.59. The number of carbonyl (C=O) groups excluding carboxylic acids is 2. The summed E-state index contributed by atoms with van der Waals surface area (Å²) >= 11 is 5.77. The maximum atomic E-state index is 12.5. The van der Waals surface area contributed by atoms with Crippen LogP contribution in [0.3, 0.4) is 0 Å². The maximum Gasteiger partial charge on any atom is 0.325 e. The van der Waals surface area contributed by atoms with Crippen LogP contribution >= 0.6 is 11.6 Å². The molecule has 1 rings (SSSR count). The summed E-state index contributed by atoms with van der Waals surface area (Å²) in [5.41, 5.74) is 0. The van der Waals surface area contributed by atoms with E-state index in [0.29, 0.717) is 11.6 Å². The molecule has 0 aromatic heterocycles. The van der Waals surface area contributed by atoms with Crippen LogP contribution in [-0.2, 0) is 29.1 Å². The molecule has 0 aliphatic carbocycles. The second-order valence-corrected chi connectivity index (χ2v) is 8.31. The van der Waals surface area contributed by atoms with E-state index >= 15 is 0 Å². The van der Waals surface area contributed by atoms with Crippen molar-refractivity contribution in [3.63, 3.8) is 0 Å². The quantitative estimate of drug-likeness (QED) is 0.436. The number of amides is 1. The number of benzene rings is 1. The van der Waals surface area contributed by atoms with Gasteiger partial charge in [0.05, 0.1) is 11.5 Å². The van der Waals surface area contributed by atoms with Gasteiger partial charge in [-0.3, -0.25) is 9.59 Å². The molecule has 27 heavy (non-hydrogen) atoms. The summed E-state index contributed by atoms with van der Waals surface area (Å²) < 4.78 is 37.3. The molecule has 10 heteroatoms. The summed E-state index contributed by atoms with van der Waals surface area (Å²) in [5.74, 6) is -1.73. The fourth-order valence-electron chi connectivity index (χ4n) is 2.03. The molecule has 0 aliphatic rings. The number of rotatable bonds is 10. The van der Waals surface area contributed by atoms with Crippen LogP contribution in [0.25, 0.3) is 0 Å². The molecule has 0 saturated heterocycles. The van der Waals surface area contributed by atoms with Gasteiger partial charge < -0.3 is 14.8 Å². The van der Waals surface area contributed by atoms with Crippen molar-refractivity contribution in [1.82, 2.24) is 10.0 Å². The molecule has 152 valence electrons. The van der Waals surface area contributed by atoms with Crippen LogP contribution in [0, 0.1) is 5.92 Å². The van der Waals surface area contributed by atoms with E-state index in [9.17, 15) is 18.0 Å². The lowest BCUT2D eigenvalue weighted by molar-refractivity contribution is -0.157. The Labute approximate surface area is 164 Å². The second-order valence-electron chi connectivity index (χ2n) is 6.16. The summed E-state index contributed by atoms with van der Waals surface area (Å²) in [7, 11) is -2.47.